The number of carbonyl (C=O) groups is 2. The van der Waals surface area contributed by atoms with Crippen LogP contribution in [0.15, 0.2) is 22.7 Å². The lowest BCUT2D eigenvalue weighted by Gasteiger charge is -2.22. The first-order valence-corrected chi connectivity index (χ1v) is 5.84. The van der Waals surface area contributed by atoms with Gasteiger partial charge in [-0.25, -0.2) is 14.0 Å². The molecule has 1 unspecified atom stereocenters. The van der Waals surface area contributed by atoms with Gasteiger partial charge in [0.15, 0.2) is 0 Å². The standard InChI is InChI=1S/C11H12BrFN2O3/c1-6(10(16)17)15(2)11(18)14-9-5-7(12)3-4-8(9)13/h3-6H,1-2H3,(H,14,18)(H,16,17). The van der Waals surface area contributed by atoms with Crippen molar-refractivity contribution in [1.82, 2.24) is 4.90 Å². The molecule has 5 nitrogen and oxygen atoms in total. The Morgan fingerprint density at radius 1 is 1.50 bits per heavy atom. The fourth-order valence-electron chi connectivity index (χ4n) is 1.14. The molecule has 18 heavy (non-hydrogen) atoms. The van der Waals surface area contributed by atoms with Crippen LogP contribution in [0.5, 0.6) is 0 Å². The first-order chi connectivity index (χ1) is 8.32. The lowest BCUT2D eigenvalue weighted by molar-refractivity contribution is -0.141. The van der Waals surface area contributed by atoms with Gasteiger partial charge in [-0.3, -0.25) is 0 Å². The molecule has 0 spiro atoms. The van der Waals surface area contributed by atoms with E-state index in [2.05, 4.69) is 21.2 Å². The second-order valence-corrected chi connectivity index (χ2v) is 4.60. The summed E-state index contributed by atoms with van der Waals surface area (Å²) in [7, 11) is 1.32. The Bertz CT molecular complexity index is 481. The maximum Gasteiger partial charge on any atom is 0.326 e. The minimum Gasteiger partial charge on any atom is -0.480 e. The molecule has 2 amide bonds. The molecule has 0 bridgehead atoms. The Balaban J connectivity index is 2.81. The van der Waals surface area contributed by atoms with E-state index in [4.69, 9.17) is 5.11 Å². The highest BCUT2D eigenvalue weighted by atomic mass is 79.9. The van der Waals surface area contributed by atoms with Crippen LogP contribution in [0.1, 0.15) is 6.92 Å². The van der Waals surface area contributed by atoms with Gasteiger partial charge >= 0.3 is 12.0 Å². The Morgan fingerprint density at radius 2 is 2.11 bits per heavy atom. The molecule has 0 fully saturated rings. The van der Waals surface area contributed by atoms with Crippen molar-refractivity contribution in [2.24, 2.45) is 0 Å². The Morgan fingerprint density at radius 3 is 2.67 bits per heavy atom. The highest BCUT2D eigenvalue weighted by Gasteiger charge is 2.22. The van der Waals surface area contributed by atoms with Gasteiger partial charge < -0.3 is 15.3 Å². The summed E-state index contributed by atoms with van der Waals surface area (Å²) in [5, 5.41) is 11.1. The number of hydrogen-bond acceptors (Lipinski definition) is 2. The number of carboxylic acids is 1. The Labute approximate surface area is 112 Å². The van der Waals surface area contributed by atoms with Crippen molar-refractivity contribution in [2.45, 2.75) is 13.0 Å². The molecule has 7 heteroatoms. The molecule has 0 heterocycles. The molecule has 98 valence electrons. The lowest BCUT2D eigenvalue weighted by atomic mass is 10.3. The van der Waals surface area contributed by atoms with Gasteiger partial charge in [0.05, 0.1) is 5.69 Å². The zero-order valence-electron chi connectivity index (χ0n) is 9.78. The number of nitrogens with one attached hydrogen (secondary N) is 1. The van der Waals surface area contributed by atoms with Crippen molar-refractivity contribution in [2.75, 3.05) is 12.4 Å². The van der Waals surface area contributed by atoms with E-state index in [9.17, 15) is 14.0 Å². The van der Waals surface area contributed by atoms with Crippen LogP contribution in [0, 0.1) is 5.82 Å². The number of anilines is 1. The molecule has 1 aromatic carbocycles. The van der Waals surface area contributed by atoms with E-state index < -0.39 is 23.9 Å². The number of carbonyl (C=O) groups excluding carboxylic acids is 1. The fraction of sp³-hybridized carbons (Fsp3) is 0.273. The molecular formula is C11H12BrFN2O3. The van der Waals surface area contributed by atoms with Gasteiger partial charge in [-0.2, -0.15) is 0 Å². The molecule has 0 aromatic heterocycles. The summed E-state index contributed by atoms with van der Waals surface area (Å²) in [6.07, 6.45) is 0. The monoisotopic (exact) mass is 318 g/mol. The highest BCUT2D eigenvalue weighted by Crippen LogP contribution is 2.20. The first-order valence-electron chi connectivity index (χ1n) is 5.04. The van der Waals surface area contributed by atoms with E-state index in [1.165, 1.54) is 32.2 Å². The quantitative estimate of drug-likeness (QED) is 0.899. The third-order valence-corrected chi connectivity index (χ3v) is 2.92. The zero-order chi connectivity index (χ0) is 13.9. The van der Waals surface area contributed by atoms with Crippen molar-refractivity contribution in [1.29, 1.82) is 0 Å². The van der Waals surface area contributed by atoms with Crippen molar-refractivity contribution >= 4 is 33.6 Å². The molecule has 2 N–H and O–H groups in total. The normalized spacial score (nSPS) is 11.8. The van der Waals surface area contributed by atoms with Gasteiger partial charge in [-0.1, -0.05) is 15.9 Å². The smallest absolute Gasteiger partial charge is 0.326 e. The predicted octanol–water partition coefficient (Wildman–Crippen LogP) is 2.53. The van der Waals surface area contributed by atoms with Crippen LogP contribution in [0.3, 0.4) is 0 Å². The number of halogens is 2. The molecule has 1 atom stereocenters. The van der Waals surface area contributed by atoms with Crippen LogP contribution in [0.25, 0.3) is 0 Å². The number of likely N-dealkylation sites (N-methyl/N-ethyl adjacent to an activating group) is 1. The Kier molecular flexibility index (Phi) is 4.66. The summed E-state index contributed by atoms with van der Waals surface area (Å²) in [6.45, 7) is 1.36. The van der Waals surface area contributed by atoms with Gasteiger partial charge in [0.1, 0.15) is 11.9 Å². The third kappa shape index (κ3) is 3.43. The summed E-state index contributed by atoms with van der Waals surface area (Å²) >= 11 is 3.15. The van der Waals surface area contributed by atoms with Crippen LogP contribution < -0.4 is 5.32 Å². The lowest BCUT2D eigenvalue weighted by Crippen LogP contribution is -2.42. The molecule has 0 saturated heterocycles. The number of urea groups is 1. The summed E-state index contributed by atoms with van der Waals surface area (Å²) < 4.78 is 14.0. The fourth-order valence-corrected chi connectivity index (χ4v) is 1.50. The van der Waals surface area contributed by atoms with E-state index in [0.717, 1.165) is 4.90 Å². The number of nitrogens with zero attached hydrogens (tertiary/aromatic N) is 1. The van der Waals surface area contributed by atoms with Gasteiger partial charge in [0, 0.05) is 11.5 Å². The van der Waals surface area contributed by atoms with Crippen molar-refractivity contribution in [3.63, 3.8) is 0 Å². The van der Waals surface area contributed by atoms with Crippen LogP contribution >= 0.6 is 15.9 Å². The van der Waals surface area contributed by atoms with Crippen LogP contribution in [0.4, 0.5) is 14.9 Å². The third-order valence-electron chi connectivity index (χ3n) is 2.43. The van der Waals surface area contributed by atoms with Gasteiger partial charge in [0.2, 0.25) is 0 Å². The zero-order valence-corrected chi connectivity index (χ0v) is 11.4. The van der Waals surface area contributed by atoms with Crippen LogP contribution in [0.2, 0.25) is 0 Å². The van der Waals surface area contributed by atoms with Crippen molar-refractivity contribution in [3.05, 3.63) is 28.5 Å². The SMILES string of the molecule is CC(C(=O)O)N(C)C(=O)Nc1cc(Br)ccc1F. The number of hydrogen-bond donors (Lipinski definition) is 2. The molecule has 1 rings (SSSR count). The summed E-state index contributed by atoms with van der Waals surface area (Å²) in [4.78, 5) is 23.4. The average Bonchev–Trinajstić information content (AvgIpc) is 2.31. The minimum atomic E-state index is -1.14. The van der Waals surface area contributed by atoms with Crippen LogP contribution in [-0.2, 0) is 4.79 Å². The summed E-state index contributed by atoms with van der Waals surface area (Å²) in [5.74, 6) is -1.73. The average molecular weight is 319 g/mol. The largest absolute Gasteiger partial charge is 0.480 e. The Hall–Kier alpha value is -1.63. The maximum absolute atomic E-state index is 13.4. The van der Waals surface area contributed by atoms with E-state index in [0.29, 0.717) is 4.47 Å². The maximum atomic E-state index is 13.4. The summed E-state index contributed by atoms with van der Waals surface area (Å²) in [5.41, 5.74) is -0.0150. The van der Waals surface area contributed by atoms with Gasteiger partial charge in [-0.05, 0) is 25.1 Å². The van der Waals surface area contributed by atoms with Gasteiger partial charge in [-0.15, -0.1) is 0 Å². The van der Waals surface area contributed by atoms with Crippen molar-refractivity contribution < 1.29 is 19.1 Å². The van der Waals surface area contributed by atoms with E-state index in [-0.39, 0.29) is 5.69 Å². The molecule has 0 aliphatic heterocycles. The highest BCUT2D eigenvalue weighted by molar-refractivity contribution is 9.10. The predicted molar refractivity (Wildman–Crippen MR) is 68.0 cm³/mol. The number of rotatable bonds is 3. The number of amides is 2. The summed E-state index contributed by atoms with van der Waals surface area (Å²) in [6, 6.07) is 2.39. The molecule has 0 aliphatic rings. The number of aliphatic carboxylic acids is 1. The van der Waals surface area contributed by atoms with Gasteiger partial charge in [0.25, 0.3) is 0 Å². The topological polar surface area (TPSA) is 69.6 Å². The molecular weight excluding hydrogens is 307 g/mol. The van der Waals surface area contributed by atoms with Crippen LogP contribution in [-0.4, -0.2) is 35.1 Å². The number of carboxylic acid groups (broad SMARTS) is 1. The van der Waals surface area contributed by atoms with E-state index in [1.807, 2.05) is 0 Å². The van der Waals surface area contributed by atoms with Crippen molar-refractivity contribution in [3.8, 4) is 0 Å². The number of benzene rings is 1. The molecule has 0 saturated carbocycles. The second kappa shape index (κ2) is 5.81. The first kappa shape index (κ1) is 14.4. The molecule has 0 radical (unpaired) electrons. The van der Waals surface area contributed by atoms with E-state index in [1.54, 1.807) is 0 Å². The van der Waals surface area contributed by atoms with E-state index >= 15 is 0 Å². The molecule has 1 aromatic rings. The minimum absolute atomic E-state index is 0.0150. The molecule has 0 aliphatic carbocycles. The second-order valence-electron chi connectivity index (χ2n) is 3.68.